The quantitative estimate of drug-likeness (QED) is 0.911. The monoisotopic (exact) mass is 276 g/mol. The number of carbonyl (C=O) groups is 1. The van der Waals surface area contributed by atoms with Crippen LogP contribution in [0, 0.1) is 0 Å². The molecule has 1 amide bonds. The highest BCUT2D eigenvalue weighted by Crippen LogP contribution is 2.27. The summed E-state index contributed by atoms with van der Waals surface area (Å²) in [6, 6.07) is 9.90. The van der Waals surface area contributed by atoms with Gasteiger partial charge in [0.15, 0.2) is 0 Å². The van der Waals surface area contributed by atoms with Crippen molar-refractivity contribution in [3.8, 4) is 0 Å². The number of nitrogens with zero attached hydrogens (tertiary/aromatic N) is 1. The number of amides is 1. The third-order valence-electron chi connectivity index (χ3n) is 3.91. The van der Waals surface area contributed by atoms with E-state index >= 15 is 0 Å². The number of rotatable bonds is 3. The Hall–Kier alpha value is -1.39. The van der Waals surface area contributed by atoms with E-state index in [2.05, 4.69) is 0 Å². The first-order valence-electron chi connectivity index (χ1n) is 7.15. The molecule has 4 nitrogen and oxygen atoms in total. The third kappa shape index (κ3) is 3.02. The van der Waals surface area contributed by atoms with Crippen LogP contribution in [0.15, 0.2) is 30.3 Å². The molecule has 0 radical (unpaired) electrons. The van der Waals surface area contributed by atoms with Crippen molar-refractivity contribution in [3.63, 3.8) is 0 Å². The van der Waals surface area contributed by atoms with Gasteiger partial charge in [0.05, 0.1) is 17.6 Å². The zero-order valence-corrected chi connectivity index (χ0v) is 12.5. The van der Waals surface area contributed by atoms with E-state index in [1.165, 1.54) is 0 Å². The molecule has 4 heteroatoms. The van der Waals surface area contributed by atoms with Gasteiger partial charge < -0.3 is 15.4 Å². The number of morpholine rings is 1. The first kappa shape index (κ1) is 15.0. The second-order valence-corrected chi connectivity index (χ2v) is 6.01. The van der Waals surface area contributed by atoms with Crippen LogP contribution >= 0.6 is 0 Å². The number of hydrogen-bond donors (Lipinski definition) is 1. The van der Waals surface area contributed by atoms with Crippen LogP contribution in [0.5, 0.6) is 0 Å². The highest BCUT2D eigenvalue weighted by atomic mass is 16.5. The molecule has 0 saturated carbocycles. The first-order chi connectivity index (χ1) is 9.45. The van der Waals surface area contributed by atoms with Crippen molar-refractivity contribution in [2.45, 2.75) is 38.4 Å². The minimum atomic E-state index is -0.530. The molecule has 0 spiro atoms. The van der Waals surface area contributed by atoms with Crippen LogP contribution in [0.25, 0.3) is 0 Å². The zero-order valence-electron chi connectivity index (χ0n) is 12.5. The summed E-state index contributed by atoms with van der Waals surface area (Å²) in [5.41, 5.74) is 6.19. The molecule has 110 valence electrons. The molecule has 0 bridgehead atoms. The summed E-state index contributed by atoms with van der Waals surface area (Å²) in [6.07, 6.45) is -0.0258. The molecule has 1 aliphatic rings. The van der Waals surface area contributed by atoms with Gasteiger partial charge in [0, 0.05) is 19.6 Å². The van der Waals surface area contributed by atoms with E-state index < -0.39 is 5.41 Å². The summed E-state index contributed by atoms with van der Waals surface area (Å²) in [4.78, 5) is 14.7. The molecule has 1 aromatic rings. The lowest BCUT2D eigenvalue weighted by Crippen LogP contribution is -2.55. The smallest absolute Gasteiger partial charge is 0.232 e. The molecule has 1 heterocycles. The summed E-state index contributed by atoms with van der Waals surface area (Å²) in [7, 11) is 0. The molecule has 2 atom stereocenters. The Balaban J connectivity index is 2.17. The van der Waals surface area contributed by atoms with Crippen LogP contribution in [0.4, 0.5) is 0 Å². The second-order valence-electron chi connectivity index (χ2n) is 6.01. The largest absolute Gasteiger partial charge is 0.370 e. The molecule has 1 aliphatic heterocycles. The van der Waals surface area contributed by atoms with Gasteiger partial charge in [-0.3, -0.25) is 4.79 Å². The normalized spacial score (nSPS) is 23.7. The van der Waals surface area contributed by atoms with Crippen molar-refractivity contribution >= 4 is 5.91 Å². The lowest BCUT2D eigenvalue weighted by Gasteiger charge is -2.40. The Kier molecular flexibility index (Phi) is 4.45. The van der Waals surface area contributed by atoms with Gasteiger partial charge in [0.2, 0.25) is 5.91 Å². The maximum atomic E-state index is 12.9. The molecule has 2 rings (SSSR count). The second kappa shape index (κ2) is 5.94. The molecule has 20 heavy (non-hydrogen) atoms. The van der Waals surface area contributed by atoms with E-state index in [-0.39, 0.29) is 18.1 Å². The molecule has 0 aliphatic carbocycles. The Morgan fingerprint density at radius 1 is 1.35 bits per heavy atom. The molecule has 2 N–H and O–H groups in total. The number of nitrogens with two attached hydrogens (primary N) is 1. The maximum absolute atomic E-state index is 12.9. The molecule has 1 saturated heterocycles. The Morgan fingerprint density at radius 3 is 2.60 bits per heavy atom. The summed E-state index contributed by atoms with van der Waals surface area (Å²) >= 11 is 0. The Labute approximate surface area is 120 Å². The predicted molar refractivity (Wildman–Crippen MR) is 79.4 cm³/mol. The third-order valence-corrected chi connectivity index (χ3v) is 3.91. The topological polar surface area (TPSA) is 55.6 Å². The minimum absolute atomic E-state index is 0.0350. The predicted octanol–water partition coefficient (Wildman–Crippen LogP) is 1.54. The van der Waals surface area contributed by atoms with Crippen LogP contribution in [-0.2, 0) is 14.9 Å². The van der Waals surface area contributed by atoms with E-state index in [0.29, 0.717) is 19.6 Å². The Bertz CT molecular complexity index is 459. The highest BCUT2D eigenvalue weighted by molar-refractivity contribution is 5.87. The zero-order chi connectivity index (χ0) is 14.8. The van der Waals surface area contributed by atoms with E-state index in [9.17, 15) is 4.79 Å². The molecule has 0 aromatic heterocycles. The van der Waals surface area contributed by atoms with E-state index in [1.807, 2.05) is 56.0 Å². The number of carbonyl (C=O) groups excluding carboxylic acids is 1. The average Bonchev–Trinajstić information content (AvgIpc) is 2.46. The number of benzene rings is 1. The SMILES string of the molecule is CC1CN(C(=O)C(C)(C)c2ccccc2)CC(CN)O1. The van der Waals surface area contributed by atoms with Crippen LogP contribution in [0.3, 0.4) is 0 Å². The van der Waals surface area contributed by atoms with E-state index in [0.717, 1.165) is 5.56 Å². The maximum Gasteiger partial charge on any atom is 0.232 e. The fourth-order valence-corrected chi connectivity index (χ4v) is 2.71. The van der Waals surface area contributed by atoms with Gasteiger partial charge in [-0.25, -0.2) is 0 Å². The summed E-state index contributed by atoms with van der Waals surface area (Å²) in [5.74, 6) is 0.136. The van der Waals surface area contributed by atoms with Crippen molar-refractivity contribution in [2.75, 3.05) is 19.6 Å². The van der Waals surface area contributed by atoms with Crippen LogP contribution in [0.1, 0.15) is 26.3 Å². The fraction of sp³-hybridized carbons (Fsp3) is 0.562. The van der Waals surface area contributed by atoms with Crippen LogP contribution < -0.4 is 5.73 Å². The van der Waals surface area contributed by atoms with Crippen LogP contribution in [-0.4, -0.2) is 42.6 Å². The van der Waals surface area contributed by atoms with Crippen LogP contribution in [0.2, 0.25) is 0 Å². The van der Waals surface area contributed by atoms with Crippen molar-refractivity contribution in [1.29, 1.82) is 0 Å². The average molecular weight is 276 g/mol. The summed E-state index contributed by atoms with van der Waals surface area (Å²) in [6.45, 7) is 7.59. The van der Waals surface area contributed by atoms with Crippen molar-refractivity contribution in [2.24, 2.45) is 5.73 Å². The molecular formula is C16H24N2O2. The van der Waals surface area contributed by atoms with Crippen molar-refractivity contribution in [3.05, 3.63) is 35.9 Å². The van der Waals surface area contributed by atoms with Gasteiger partial charge in [-0.05, 0) is 26.3 Å². The van der Waals surface area contributed by atoms with Gasteiger partial charge in [-0.15, -0.1) is 0 Å². The molecule has 1 fully saturated rings. The van der Waals surface area contributed by atoms with E-state index in [1.54, 1.807) is 0 Å². The van der Waals surface area contributed by atoms with Gasteiger partial charge >= 0.3 is 0 Å². The lowest BCUT2D eigenvalue weighted by atomic mass is 9.83. The van der Waals surface area contributed by atoms with Gasteiger partial charge in [-0.1, -0.05) is 30.3 Å². The fourth-order valence-electron chi connectivity index (χ4n) is 2.71. The van der Waals surface area contributed by atoms with Gasteiger partial charge in [0.1, 0.15) is 0 Å². The van der Waals surface area contributed by atoms with Gasteiger partial charge in [-0.2, -0.15) is 0 Å². The standard InChI is InChI=1S/C16H24N2O2/c1-12-10-18(11-14(9-17)20-12)15(19)16(2,3)13-7-5-4-6-8-13/h4-8,12,14H,9-11,17H2,1-3H3. The molecule has 1 aromatic carbocycles. The van der Waals surface area contributed by atoms with Crippen molar-refractivity contribution < 1.29 is 9.53 Å². The summed E-state index contributed by atoms with van der Waals surface area (Å²) < 4.78 is 5.72. The first-order valence-corrected chi connectivity index (χ1v) is 7.15. The lowest BCUT2D eigenvalue weighted by molar-refractivity contribution is -0.148. The highest BCUT2D eigenvalue weighted by Gasteiger charge is 2.37. The van der Waals surface area contributed by atoms with Gasteiger partial charge in [0.25, 0.3) is 0 Å². The van der Waals surface area contributed by atoms with E-state index in [4.69, 9.17) is 10.5 Å². The minimum Gasteiger partial charge on any atom is -0.370 e. The molecular weight excluding hydrogens is 252 g/mol. The van der Waals surface area contributed by atoms with Crippen molar-refractivity contribution in [1.82, 2.24) is 4.90 Å². The summed E-state index contributed by atoms with van der Waals surface area (Å²) in [5, 5.41) is 0. The molecule has 2 unspecified atom stereocenters. The number of ether oxygens (including phenoxy) is 1. The Morgan fingerprint density at radius 2 is 2.00 bits per heavy atom. The number of hydrogen-bond acceptors (Lipinski definition) is 3.